The fraction of sp³-hybridized carbons (Fsp3) is 0.867. The quantitative estimate of drug-likeness (QED) is 0.661. The van der Waals surface area contributed by atoms with E-state index in [4.69, 9.17) is 0 Å². The van der Waals surface area contributed by atoms with E-state index >= 15 is 0 Å². The van der Waals surface area contributed by atoms with Gasteiger partial charge in [-0.25, -0.2) is 0 Å². The molecule has 0 heterocycles. The molecule has 0 aromatic carbocycles. The lowest BCUT2D eigenvalue weighted by Crippen LogP contribution is -2.45. The molecule has 2 aliphatic rings. The Balaban J connectivity index is 1.73. The molecule has 114 valence electrons. The van der Waals surface area contributed by atoms with Crippen LogP contribution in [-0.4, -0.2) is 36.1 Å². The largest absolute Gasteiger partial charge is 0.481 e. The van der Waals surface area contributed by atoms with E-state index in [1.54, 1.807) is 0 Å². The summed E-state index contributed by atoms with van der Waals surface area (Å²) in [7, 11) is 0. The van der Waals surface area contributed by atoms with Crippen molar-refractivity contribution in [3.05, 3.63) is 0 Å². The first-order valence-corrected chi connectivity index (χ1v) is 7.75. The molecule has 0 unspecified atom stereocenters. The summed E-state index contributed by atoms with van der Waals surface area (Å²) in [5.74, 6) is -0.209. The highest BCUT2D eigenvalue weighted by atomic mass is 16.4. The van der Waals surface area contributed by atoms with E-state index in [0.717, 1.165) is 12.8 Å². The maximum Gasteiger partial charge on any atom is 0.311 e. The molecule has 20 heavy (non-hydrogen) atoms. The zero-order valence-electron chi connectivity index (χ0n) is 12.3. The third-order valence-electron chi connectivity index (χ3n) is 4.67. The Morgan fingerprint density at radius 3 is 2.40 bits per heavy atom. The lowest BCUT2D eigenvalue weighted by molar-refractivity contribution is -0.151. The van der Waals surface area contributed by atoms with E-state index in [-0.39, 0.29) is 12.5 Å². The Labute approximate surface area is 120 Å². The van der Waals surface area contributed by atoms with Crippen molar-refractivity contribution in [2.24, 2.45) is 11.3 Å². The van der Waals surface area contributed by atoms with Crippen LogP contribution < -0.4 is 10.6 Å². The number of carbonyl (C=O) groups excluding carboxylic acids is 1. The normalized spacial score (nSPS) is 29.9. The van der Waals surface area contributed by atoms with Gasteiger partial charge in [0.25, 0.3) is 0 Å². The molecule has 0 bridgehead atoms. The van der Waals surface area contributed by atoms with E-state index < -0.39 is 11.4 Å². The van der Waals surface area contributed by atoms with E-state index in [9.17, 15) is 14.7 Å². The van der Waals surface area contributed by atoms with Gasteiger partial charge in [0.1, 0.15) is 0 Å². The SMILES string of the molecule is CC1CCC(CNC(=O)CCNC2CC2)(C(=O)O)CC1. The van der Waals surface area contributed by atoms with Gasteiger partial charge in [-0.05, 0) is 44.4 Å². The van der Waals surface area contributed by atoms with Crippen LogP contribution >= 0.6 is 0 Å². The topological polar surface area (TPSA) is 78.4 Å². The van der Waals surface area contributed by atoms with Crippen LogP contribution in [-0.2, 0) is 9.59 Å². The molecule has 5 heteroatoms. The highest BCUT2D eigenvalue weighted by Gasteiger charge is 2.41. The number of hydrogen-bond donors (Lipinski definition) is 3. The van der Waals surface area contributed by atoms with Crippen LogP contribution in [0.15, 0.2) is 0 Å². The molecule has 0 atom stereocenters. The maximum atomic E-state index is 11.8. The second-order valence-electron chi connectivity index (χ2n) is 6.52. The summed E-state index contributed by atoms with van der Waals surface area (Å²) in [5, 5.41) is 15.6. The fourth-order valence-electron chi connectivity index (χ4n) is 2.81. The molecule has 2 aliphatic carbocycles. The van der Waals surface area contributed by atoms with Crippen LogP contribution in [0.3, 0.4) is 0 Å². The Kier molecular flexibility index (Phi) is 5.02. The Hall–Kier alpha value is -1.10. The molecule has 3 N–H and O–H groups in total. The van der Waals surface area contributed by atoms with Crippen molar-refractivity contribution >= 4 is 11.9 Å². The van der Waals surface area contributed by atoms with Crippen LogP contribution in [0.1, 0.15) is 51.9 Å². The second-order valence-corrected chi connectivity index (χ2v) is 6.52. The molecule has 0 spiro atoms. The first-order valence-electron chi connectivity index (χ1n) is 7.75. The minimum Gasteiger partial charge on any atom is -0.481 e. The minimum absolute atomic E-state index is 0.0441. The lowest BCUT2D eigenvalue weighted by atomic mass is 9.71. The fourth-order valence-corrected chi connectivity index (χ4v) is 2.81. The van der Waals surface area contributed by atoms with E-state index in [1.165, 1.54) is 12.8 Å². The molecule has 1 amide bonds. The van der Waals surface area contributed by atoms with Gasteiger partial charge in [0.05, 0.1) is 5.41 Å². The summed E-state index contributed by atoms with van der Waals surface area (Å²) in [4.78, 5) is 23.3. The van der Waals surface area contributed by atoms with Gasteiger partial charge in [0.15, 0.2) is 0 Å². The summed E-state index contributed by atoms with van der Waals surface area (Å²) >= 11 is 0. The summed E-state index contributed by atoms with van der Waals surface area (Å²) in [6, 6.07) is 0.605. The number of nitrogens with one attached hydrogen (secondary N) is 2. The van der Waals surface area contributed by atoms with Crippen LogP contribution in [0.2, 0.25) is 0 Å². The minimum atomic E-state index is -0.763. The number of aliphatic carboxylic acids is 1. The Bertz CT molecular complexity index is 358. The van der Waals surface area contributed by atoms with E-state index in [1.807, 2.05) is 0 Å². The predicted molar refractivity (Wildman–Crippen MR) is 76.4 cm³/mol. The van der Waals surface area contributed by atoms with Crippen molar-refractivity contribution in [1.29, 1.82) is 0 Å². The first-order chi connectivity index (χ1) is 9.52. The van der Waals surface area contributed by atoms with Crippen LogP contribution in [0.5, 0.6) is 0 Å². The number of rotatable bonds is 7. The molecule has 2 rings (SSSR count). The van der Waals surface area contributed by atoms with E-state index in [2.05, 4.69) is 17.6 Å². The molecule has 0 aromatic heterocycles. The van der Waals surface area contributed by atoms with Crippen molar-refractivity contribution in [2.45, 2.75) is 57.9 Å². The summed E-state index contributed by atoms with van der Waals surface area (Å²) in [5.41, 5.74) is -0.744. The summed E-state index contributed by atoms with van der Waals surface area (Å²) < 4.78 is 0. The average Bonchev–Trinajstić information content (AvgIpc) is 3.22. The molecule has 0 saturated heterocycles. The van der Waals surface area contributed by atoms with Crippen molar-refractivity contribution in [1.82, 2.24) is 10.6 Å². The highest BCUT2D eigenvalue weighted by molar-refractivity contribution is 5.79. The Morgan fingerprint density at radius 1 is 1.20 bits per heavy atom. The number of hydrogen-bond acceptors (Lipinski definition) is 3. The number of carboxylic acids is 1. The molecule has 2 fully saturated rings. The van der Waals surface area contributed by atoms with Gasteiger partial charge < -0.3 is 15.7 Å². The molecule has 0 radical (unpaired) electrons. The van der Waals surface area contributed by atoms with Gasteiger partial charge in [-0.2, -0.15) is 0 Å². The molecular formula is C15H26N2O3. The predicted octanol–water partition coefficient (Wildman–Crippen LogP) is 1.53. The molecule has 5 nitrogen and oxygen atoms in total. The van der Waals surface area contributed by atoms with Crippen LogP contribution in [0, 0.1) is 11.3 Å². The van der Waals surface area contributed by atoms with Gasteiger partial charge >= 0.3 is 5.97 Å². The number of amides is 1. The average molecular weight is 282 g/mol. The standard InChI is InChI=1S/C15H26N2O3/c1-11-4-7-15(8-5-11,14(19)20)10-17-13(18)6-9-16-12-2-3-12/h11-12,16H,2-10H2,1H3,(H,17,18)(H,19,20). The highest BCUT2D eigenvalue weighted by Crippen LogP contribution is 2.38. The maximum absolute atomic E-state index is 11.8. The van der Waals surface area contributed by atoms with Crippen molar-refractivity contribution < 1.29 is 14.7 Å². The van der Waals surface area contributed by atoms with Gasteiger partial charge in [0.2, 0.25) is 5.91 Å². The smallest absolute Gasteiger partial charge is 0.311 e. The number of carboxylic acid groups (broad SMARTS) is 1. The van der Waals surface area contributed by atoms with Gasteiger partial charge in [0, 0.05) is 25.6 Å². The number of carbonyl (C=O) groups is 2. The zero-order valence-corrected chi connectivity index (χ0v) is 12.3. The van der Waals surface area contributed by atoms with E-state index in [0.29, 0.717) is 37.8 Å². The lowest BCUT2D eigenvalue weighted by Gasteiger charge is -2.35. The monoisotopic (exact) mass is 282 g/mol. The van der Waals surface area contributed by atoms with Gasteiger partial charge in [-0.3, -0.25) is 9.59 Å². The zero-order chi connectivity index (χ0) is 14.6. The van der Waals surface area contributed by atoms with Gasteiger partial charge in [-0.1, -0.05) is 6.92 Å². The molecule has 0 aromatic rings. The van der Waals surface area contributed by atoms with Crippen LogP contribution in [0.4, 0.5) is 0 Å². The molecule has 2 saturated carbocycles. The third kappa shape index (κ3) is 4.20. The van der Waals surface area contributed by atoms with Crippen molar-refractivity contribution in [3.63, 3.8) is 0 Å². The molecular weight excluding hydrogens is 256 g/mol. The van der Waals surface area contributed by atoms with Crippen molar-refractivity contribution in [2.75, 3.05) is 13.1 Å². The summed E-state index contributed by atoms with van der Waals surface area (Å²) in [6.07, 6.45) is 6.07. The first kappa shape index (κ1) is 15.3. The van der Waals surface area contributed by atoms with Crippen LogP contribution in [0.25, 0.3) is 0 Å². The third-order valence-corrected chi connectivity index (χ3v) is 4.67. The van der Waals surface area contributed by atoms with Crippen molar-refractivity contribution in [3.8, 4) is 0 Å². The Morgan fingerprint density at radius 2 is 1.85 bits per heavy atom. The summed E-state index contributed by atoms with van der Waals surface area (Å²) in [6.45, 7) is 3.12. The van der Waals surface area contributed by atoms with Gasteiger partial charge in [-0.15, -0.1) is 0 Å². The second kappa shape index (κ2) is 6.57. The molecule has 0 aliphatic heterocycles.